The standard InChI is InChI=1S/C11H13N5O/c17-8-1-2-13-11-10(8)15-9(7-14-11)16-5-3-12-4-6-16/h1-2,7,12H,3-6H2,(H,13,14,17). The van der Waals surface area contributed by atoms with Crippen LogP contribution in [0.2, 0.25) is 0 Å². The molecule has 2 N–H and O–H groups in total. The Balaban J connectivity index is 2.06. The van der Waals surface area contributed by atoms with Crippen molar-refractivity contribution in [1.82, 2.24) is 20.3 Å². The van der Waals surface area contributed by atoms with Crippen LogP contribution in [0.25, 0.3) is 11.2 Å². The predicted octanol–water partition coefficient (Wildman–Crippen LogP) is -0.272. The summed E-state index contributed by atoms with van der Waals surface area (Å²) >= 11 is 0. The molecule has 6 heteroatoms. The zero-order valence-corrected chi connectivity index (χ0v) is 9.31. The number of nitrogens with zero attached hydrogens (tertiary/aromatic N) is 3. The smallest absolute Gasteiger partial charge is 0.209 e. The van der Waals surface area contributed by atoms with Crippen LogP contribution in [0, 0.1) is 0 Å². The number of pyridine rings is 1. The van der Waals surface area contributed by atoms with Gasteiger partial charge in [0.25, 0.3) is 0 Å². The van der Waals surface area contributed by atoms with Crippen molar-refractivity contribution in [2.45, 2.75) is 0 Å². The number of hydrogen-bond donors (Lipinski definition) is 2. The molecule has 2 aromatic rings. The highest BCUT2D eigenvalue weighted by Crippen LogP contribution is 2.12. The molecule has 0 saturated carbocycles. The molecule has 0 unspecified atom stereocenters. The molecule has 17 heavy (non-hydrogen) atoms. The summed E-state index contributed by atoms with van der Waals surface area (Å²) < 4.78 is 0. The van der Waals surface area contributed by atoms with Gasteiger partial charge in [-0.05, 0) is 0 Å². The molecule has 3 rings (SSSR count). The van der Waals surface area contributed by atoms with Gasteiger partial charge in [0.1, 0.15) is 5.82 Å². The second-order valence-corrected chi connectivity index (χ2v) is 4.00. The molecule has 0 radical (unpaired) electrons. The molecule has 3 heterocycles. The molecule has 1 saturated heterocycles. The lowest BCUT2D eigenvalue weighted by Crippen LogP contribution is -2.44. The first-order chi connectivity index (χ1) is 8.34. The zero-order valence-electron chi connectivity index (χ0n) is 9.31. The second-order valence-electron chi connectivity index (χ2n) is 4.00. The average Bonchev–Trinajstić information content (AvgIpc) is 2.40. The first-order valence-corrected chi connectivity index (χ1v) is 5.65. The fourth-order valence-electron chi connectivity index (χ4n) is 1.98. The number of rotatable bonds is 1. The molecule has 0 spiro atoms. The normalized spacial score (nSPS) is 16.4. The van der Waals surface area contributed by atoms with Crippen molar-refractivity contribution >= 4 is 17.0 Å². The summed E-state index contributed by atoms with van der Waals surface area (Å²) in [6.45, 7) is 3.66. The number of nitrogens with one attached hydrogen (secondary N) is 2. The fourth-order valence-corrected chi connectivity index (χ4v) is 1.98. The molecule has 88 valence electrons. The van der Waals surface area contributed by atoms with Gasteiger partial charge in [-0.15, -0.1) is 0 Å². The molecule has 1 aliphatic rings. The van der Waals surface area contributed by atoms with Gasteiger partial charge in [-0.3, -0.25) is 4.79 Å². The third kappa shape index (κ3) is 1.87. The Labute approximate surface area is 97.7 Å². The molecule has 1 aliphatic heterocycles. The molecule has 0 aliphatic carbocycles. The third-order valence-corrected chi connectivity index (χ3v) is 2.89. The molecular formula is C11H13N5O. The van der Waals surface area contributed by atoms with E-state index in [2.05, 4.69) is 25.2 Å². The van der Waals surface area contributed by atoms with Gasteiger partial charge < -0.3 is 15.2 Å². The summed E-state index contributed by atoms with van der Waals surface area (Å²) in [6.07, 6.45) is 3.30. The van der Waals surface area contributed by atoms with Gasteiger partial charge in [0, 0.05) is 38.4 Å². The van der Waals surface area contributed by atoms with Crippen molar-refractivity contribution in [3.8, 4) is 0 Å². The lowest BCUT2D eigenvalue weighted by atomic mass is 10.3. The highest BCUT2D eigenvalue weighted by Gasteiger charge is 2.13. The van der Waals surface area contributed by atoms with Crippen LogP contribution in [-0.4, -0.2) is 41.1 Å². The summed E-state index contributed by atoms with van der Waals surface area (Å²) in [5, 5.41) is 3.28. The van der Waals surface area contributed by atoms with E-state index in [4.69, 9.17) is 0 Å². The van der Waals surface area contributed by atoms with Crippen molar-refractivity contribution in [2.24, 2.45) is 0 Å². The Morgan fingerprint density at radius 3 is 2.94 bits per heavy atom. The summed E-state index contributed by atoms with van der Waals surface area (Å²) in [5.74, 6) is 0.774. The minimum atomic E-state index is -0.0942. The van der Waals surface area contributed by atoms with E-state index in [0.29, 0.717) is 11.2 Å². The minimum Gasteiger partial charge on any atom is -0.353 e. The van der Waals surface area contributed by atoms with Crippen LogP contribution in [-0.2, 0) is 0 Å². The number of aromatic nitrogens is 3. The highest BCUT2D eigenvalue weighted by molar-refractivity contribution is 5.70. The molecule has 6 nitrogen and oxygen atoms in total. The van der Waals surface area contributed by atoms with Crippen molar-refractivity contribution < 1.29 is 0 Å². The number of anilines is 1. The lowest BCUT2D eigenvalue weighted by Gasteiger charge is -2.28. The van der Waals surface area contributed by atoms with E-state index in [0.717, 1.165) is 32.0 Å². The third-order valence-electron chi connectivity index (χ3n) is 2.89. The summed E-state index contributed by atoms with van der Waals surface area (Å²) in [7, 11) is 0. The van der Waals surface area contributed by atoms with Crippen LogP contribution in [0.1, 0.15) is 0 Å². The van der Waals surface area contributed by atoms with Gasteiger partial charge in [0.2, 0.25) is 5.43 Å². The predicted molar refractivity (Wildman–Crippen MR) is 65.2 cm³/mol. The van der Waals surface area contributed by atoms with Gasteiger partial charge in [0.15, 0.2) is 11.2 Å². The molecule has 0 amide bonds. The number of H-pyrrole nitrogens is 1. The molecule has 1 fully saturated rings. The lowest BCUT2D eigenvalue weighted by molar-refractivity contribution is 0.585. The van der Waals surface area contributed by atoms with Gasteiger partial charge >= 0.3 is 0 Å². The summed E-state index contributed by atoms with van der Waals surface area (Å²) in [6, 6.07) is 1.47. The maximum atomic E-state index is 11.7. The van der Waals surface area contributed by atoms with Crippen LogP contribution >= 0.6 is 0 Å². The Morgan fingerprint density at radius 1 is 1.29 bits per heavy atom. The number of aromatic amines is 1. The van der Waals surface area contributed by atoms with Crippen molar-refractivity contribution in [3.63, 3.8) is 0 Å². The number of hydrogen-bond acceptors (Lipinski definition) is 5. The number of piperazine rings is 1. The van der Waals surface area contributed by atoms with E-state index in [1.54, 1.807) is 12.4 Å². The maximum Gasteiger partial charge on any atom is 0.209 e. The molecular weight excluding hydrogens is 218 g/mol. The monoisotopic (exact) mass is 231 g/mol. The van der Waals surface area contributed by atoms with E-state index in [-0.39, 0.29) is 5.43 Å². The van der Waals surface area contributed by atoms with E-state index in [1.165, 1.54) is 6.07 Å². The van der Waals surface area contributed by atoms with Gasteiger partial charge in [-0.2, -0.15) is 0 Å². The van der Waals surface area contributed by atoms with Crippen molar-refractivity contribution in [1.29, 1.82) is 0 Å². The minimum absolute atomic E-state index is 0.0942. The first-order valence-electron chi connectivity index (χ1n) is 5.65. The SMILES string of the molecule is O=c1cc[nH]c2ncc(N3CCNCC3)nc12. The van der Waals surface area contributed by atoms with E-state index >= 15 is 0 Å². The van der Waals surface area contributed by atoms with Crippen molar-refractivity contribution in [2.75, 3.05) is 31.1 Å². The van der Waals surface area contributed by atoms with Gasteiger partial charge in [-0.25, -0.2) is 9.97 Å². The second kappa shape index (κ2) is 4.14. The Hall–Kier alpha value is -1.95. The van der Waals surface area contributed by atoms with Crippen LogP contribution < -0.4 is 15.6 Å². The molecule has 0 aromatic carbocycles. The topological polar surface area (TPSA) is 73.9 Å². The van der Waals surface area contributed by atoms with Crippen molar-refractivity contribution in [3.05, 3.63) is 28.7 Å². The van der Waals surface area contributed by atoms with Crippen LogP contribution in [0.15, 0.2) is 23.3 Å². The van der Waals surface area contributed by atoms with E-state index in [1.807, 2.05) is 0 Å². The first kappa shape index (κ1) is 10.2. The van der Waals surface area contributed by atoms with E-state index < -0.39 is 0 Å². The van der Waals surface area contributed by atoms with E-state index in [9.17, 15) is 4.79 Å². The van der Waals surface area contributed by atoms with Crippen LogP contribution in [0.3, 0.4) is 0 Å². The maximum absolute atomic E-state index is 11.7. The Morgan fingerprint density at radius 2 is 2.12 bits per heavy atom. The average molecular weight is 231 g/mol. The molecule has 2 aromatic heterocycles. The summed E-state index contributed by atoms with van der Waals surface area (Å²) in [5.41, 5.74) is 0.850. The van der Waals surface area contributed by atoms with Crippen LogP contribution in [0.5, 0.6) is 0 Å². The highest BCUT2D eigenvalue weighted by atomic mass is 16.1. The zero-order chi connectivity index (χ0) is 11.7. The Bertz CT molecular complexity index is 588. The van der Waals surface area contributed by atoms with Gasteiger partial charge in [-0.1, -0.05) is 0 Å². The Kier molecular flexibility index (Phi) is 2.49. The molecule has 0 atom stereocenters. The number of fused-ring (bicyclic) bond motifs is 1. The fraction of sp³-hybridized carbons (Fsp3) is 0.364. The van der Waals surface area contributed by atoms with Gasteiger partial charge in [0.05, 0.1) is 6.20 Å². The van der Waals surface area contributed by atoms with Crippen LogP contribution in [0.4, 0.5) is 5.82 Å². The molecule has 0 bridgehead atoms. The largest absolute Gasteiger partial charge is 0.353 e. The quantitative estimate of drug-likeness (QED) is 0.706. The summed E-state index contributed by atoms with van der Waals surface area (Å²) in [4.78, 5) is 25.3.